The minimum atomic E-state index is -0.881. The van der Waals surface area contributed by atoms with Crippen LogP contribution in [0.4, 0.5) is 0 Å². The van der Waals surface area contributed by atoms with Crippen molar-refractivity contribution < 1.29 is 18.7 Å². The second-order valence-electron chi connectivity index (χ2n) is 7.86. The van der Waals surface area contributed by atoms with E-state index in [0.29, 0.717) is 22.1 Å². The smallest absolute Gasteiger partial charge is 0.261 e. The lowest BCUT2D eigenvalue weighted by atomic mass is 10.0. The third-order valence-electron chi connectivity index (χ3n) is 5.38. The number of para-hydroxylation sites is 1. The molecule has 0 unspecified atom stereocenters. The maximum atomic E-state index is 13.5. The number of amides is 2. The van der Waals surface area contributed by atoms with Gasteiger partial charge in [0, 0.05) is 11.6 Å². The number of nitrogens with zero attached hydrogens (tertiary/aromatic N) is 1. The zero-order valence-electron chi connectivity index (χ0n) is 19.0. The molecule has 0 spiro atoms. The van der Waals surface area contributed by atoms with Gasteiger partial charge in [0.2, 0.25) is 5.91 Å². The SMILES string of the molecule is O=C(NCc1ccco1)[C@H](c1ccccc1)N(Cc1ccc(Cl)cc1)C(=O)COc1ccccc1. The largest absolute Gasteiger partial charge is 0.484 e. The van der Waals surface area contributed by atoms with E-state index in [4.69, 9.17) is 20.8 Å². The zero-order chi connectivity index (χ0) is 24.5. The fourth-order valence-corrected chi connectivity index (χ4v) is 3.77. The summed E-state index contributed by atoms with van der Waals surface area (Å²) < 4.78 is 11.1. The second kappa shape index (κ2) is 11.9. The molecule has 0 aliphatic carbocycles. The van der Waals surface area contributed by atoms with E-state index in [1.807, 2.05) is 60.7 Å². The highest BCUT2D eigenvalue weighted by atomic mass is 35.5. The standard InChI is InChI=1S/C28H25ClN2O4/c29-23-15-13-21(14-16-23)19-31(26(32)20-35-24-10-5-2-6-11-24)27(22-8-3-1-4-9-22)28(33)30-18-25-12-7-17-34-25/h1-17,27H,18-20H2,(H,30,33)/t27-/m0/s1. The summed E-state index contributed by atoms with van der Waals surface area (Å²) in [6.07, 6.45) is 1.55. The molecule has 0 fully saturated rings. The summed E-state index contributed by atoms with van der Waals surface area (Å²) in [6.45, 7) is 0.187. The van der Waals surface area contributed by atoms with Gasteiger partial charge < -0.3 is 19.4 Å². The van der Waals surface area contributed by atoms with Crippen molar-refractivity contribution in [3.05, 3.63) is 125 Å². The van der Waals surface area contributed by atoms with E-state index in [0.717, 1.165) is 5.56 Å². The number of carbonyl (C=O) groups excluding carboxylic acids is 2. The van der Waals surface area contributed by atoms with E-state index >= 15 is 0 Å². The van der Waals surface area contributed by atoms with E-state index in [1.165, 1.54) is 4.90 Å². The normalized spacial score (nSPS) is 11.5. The minimum absolute atomic E-state index is 0.196. The van der Waals surface area contributed by atoms with Gasteiger partial charge in [-0.3, -0.25) is 9.59 Å². The van der Waals surface area contributed by atoms with Gasteiger partial charge in [-0.2, -0.15) is 0 Å². The average Bonchev–Trinajstić information content (AvgIpc) is 3.42. The molecule has 0 bridgehead atoms. The van der Waals surface area contributed by atoms with Gasteiger partial charge in [0.05, 0.1) is 12.8 Å². The molecule has 3 aromatic carbocycles. The number of rotatable bonds is 10. The van der Waals surface area contributed by atoms with Crippen LogP contribution in [0.15, 0.2) is 108 Å². The van der Waals surface area contributed by atoms with Crippen molar-refractivity contribution in [2.75, 3.05) is 6.61 Å². The summed E-state index contributed by atoms with van der Waals surface area (Å²) in [7, 11) is 0. The predicted molar refractivity (Wildman–Crippen MR) is 134 cm³/mol. The predicted octanol–water partition coefficient (Wildman–Crippen LogP) is 5.40. The van der Waals surface area contributed by atoms with Gasteiger partial charge in [-0.1, -0.05) is 72.3 Å². The average molecular weight is 489 g/mol. The lowest BCUT2D eigenvalue weighted by Crippen LogP contribution is -2.45. The van der Waals surface area contributed by atoms with E-state index in [-0.39, 0.29) is 31.5 Å². The highest BCUT2D eigenvalue weighted by molar-refractivity contribution is 6.30. The Morgan fingerprint density at radius 1 is 0.886 bits per heavy atom. The Hall–Kier alpha value is -4.03. The molecule has 4 aromatic rings. The summed E-state index contributed by atoms with van der Waals surface area (Å²) in [5.41, 5.74) is 1.52. The van der Waals surface area contributed by atoms with Crippen LogP contribution in [0.5, 0.6) is 5.75 Å². The Kier molecular flexibility index (Phi) is 8.20. The molecule has 178 valence electrons. The molecule has 1 N–H and O–H groups in total. The molecule has 0 aliphatic rings. The maximum absolute atomic E-state index is 13.5. The molecule has 0 radical (unpaired) electrons. The molecule has 0 aliphatic heterocycles. The minimum Gasteiger partial charge on any atom is -0.484 e. The molecule has 35 heavy (non-hydrogen) atoms. The van der Waals surface area contributed by atoms with Crippen LogP contribution < -0.4 is 10.1 Å². The molecule has 1 aromatic heterocycles. The molecular weight excluding hydrogens is 464 g/mol. The summed E-state index contributed by atoms with van der Waals surface area (Å²) in [4.78, 5) is 28.5. The maximum Gasteiger partial charge on any atom is 0.261 e. The summed E-state index contributed by atoms with van der Waals surface area (Å²) >= 11 is 6.05. The van der Waals surface area contributed by atoms with Gasteiger partial charge in [0.25, 0.3) is 5.91 Å². The van der Waals surface area contributed by atoms with Crippen molar-refractivity contribution in [3.8, 4) is 5.75 Å². The molecule has 4 rings (SSSR count). The second-order valence-corrected chi connectivity index (χ2v) is 8.30. The Balaban J connectivity index is 1.62. The highest BCUT2D eigenvalue weighted by Crippen LogP contribution is 2.25. The fourth-order valence-electron chi connectivity index (χ4n) is 3.65. The van der Waals surface area contributed by atoms with Gasteiger partial charge >= 0.3 is 0 Å². The first kappa shape index (κ1) is 24.1. The van der Waals surface area contributed by atoms with Crippen LogP contribution in [-0.2, 0) is 22.7 Å². The van der Waals surface area contributed by atoms with E-state index in [2.05, 4.69) is 5.32 Å². The third-order valence-corrected chi connectivity index (χ3v) is 5.64. The number of furan rings is 1. The van der Waals surface area contributed by atoms with Crippen LogP contribution in [0, 0.1) is 0 Å². The number of benzene rings is 3. The first-order valence-electron chi connectivity index (χ1n) is 11.2. The molecular formula is C28H25ClN2O4. The molecule has 1 atom stereocenters. The molecule has 0 saturated carbocycles. The first-order chi connectivity index (χ1) is 17.1. The van der Waals surface area contributed by atoms with Gasteiger partial charge in [-0.05, 0) is 47.5 Å². The monoisotopic (exact) mass is 488 g/mol. The number of halogens is 1. The number of hydrogen-bond donors (Lipinski definition) is 1. The Morgan fingerprint density at radius 2 is 1.57 bits per heavy atom. The molecule has 0 saturated heterocycles. The Labute approximate surface area is 209 Å². The highest BCUT2D eigenvalue weighted by Gasteiger charge is 2.32. The Morgan fingerprint density at radius 3 is 2.23 bits per heavy atom. The van der Waals surface area contributed by atoms with E-state index < -0.39 is 6.04 Å². The van der Waals surface area contributed by atoms with Crippen LogP contribution in [0.1, 0.15) is 22.9 Å². The van der Waals surface area contributed by atoms with Crippen molar-refractivity contribution in [2.24, 2.45) is 0 Å². The van der Waals surface area contributed by atoms with Crippen LogP contribution in [0.25, 0.3) is 0 Å². The van der Waals surface area contributed by atoms with Crippen LogP contribution in [-0.4, -0.2) is 23.3 Å². The van der Waals surface area contributed by atoms with Crippen molar-refractivity contribution in [1.82, 2.24) is 10.2 Å². The number of carbonyl (C=O) groups is 2. The van der Waals surface area contributed by atoms with Crippen LogP contribution in [0.3, 0.4) is 0 Å². The number of ether oxygens (including phenoxy) is 1. The van der Waals surface area contributed by atoms with Crippen molar-refractivity contribution in [2.45, 2.75) is 19.1 Å². The summed E-state index contributed by atoms with van der Waals surface area (Å²) in [6, 6.07) is 28.2. The third kappa shape index (κ3) is 6.74. The lowest BCUT2D eigenvalue weighted by Gasteiger charge is -2.31. The Bertz CT molecular complexity index is 1210. The fraction of sp³-hybridized carbons (Fsp3) is 0.143. The molecule has 6 nitrogen and oxygen atoms in total. The van der Waals surface area contributed by atoms with Crippen molar-refractivity contribution >= 4 is 23.4 Å². The van der Waals surface area contributed by atoms with E-state index in [1.54, 1.807) is 42.7 Å². The van der Waals surface area contributed by atoms with Crippen molar-refractivity contribution in [1.29, 1.82) is 0 Å². The number of nitrogens with one attached hydrogen (secondary N) is 1. The summed E-state index contributed by atoms with van der Waals surface area (Å²) in [5.74, 6) is 0.541. The zero-order valence-corrected chi connectivity index (χ0v) is 19.7. The van der Waals surface area contributed by atoms with Gasteiger partial charge in [0.15, 0.2) is 6.61 Å². The van der Waals surface area contributed by atoms with E-state index in [9.17, 15) is 9.59 Å². The summed E-state index contributed by atoms with van der Waals surface area (Å²) in [5, 5.41) is 3.49. The van der Waals surface area contributed by atoms with Gasteiger partial charge in [-0.25, -0.2) is 0 Å². The quantitative estimate of drug-likeness (QED) is 0.324. The first-order valence-corrected chi connectivity index (χ1v) is 11.5. The van der Waals surface area contributed by atoms with Crippen LogP contribution >= 0.6 is 11.6 Å². The van der Waals surface area contributed by atoms with Gasteiger partial charge in [0.1, 0.15) is 17.6 Å². The van der Waals surface area contributed by atoms with Crippen molar-refractivity contribution in [3.63, 3.8) is 0 Å². The molecule has 1 heterocycles. The lowest BCUT2D eigenvalue weighted by molar-refractivity contribution is -0.143. The molecule has 2 amide bonds. The number of hydrogen-bond acceptors (Lipinski definition) is 4. The topological polar surface area (TPSA) is 71.8 Å². The van der Waals surface area contributed by atoms with Gasteiger partial charge in [-0.15, -0.1) is 0 Å². The molecule has 7 heteroatoms. The van der Waals surface area contributed by atoms with Crippen LogP contribution in [0.2, 0.25) is 5.02 Å².